The summed E-state index contributed by atoms with van der Waals surface area (Å²) in [6.07, 6.45) is 0. The Kier molecular flexibility index (Phi) is 6.33. The number of hydrogen-bond donors (Lipinski definition) is 0. The fourth-order valence-electron chi connectivity index (χ4n) is 10.2. The second-order valence-electron chi connectivity index (χ2n) is 17.0. The standard InChI is InChI=1S/C52H39N5/c1-30-21-23-32(24-22-30)49-53-48(31-13-7-6-8-14-31)54-50(55-49)33-25-26-41-39(29-33)51(2,3)37-18-12-17-36-44-42(57(41)47(36)37)27-28-43-45(44)52(4,5)38-19-11-16-35-34-15-9-10-20-40(34)56(43)46(35)38/h6-29H,1-5H3. The van der Waals surface area contributed by atoms with Gasteiger partial charge in [-0.25, -0.2) is 15.0 Å². The van der Waals surface area contributed by atoms with E-state index in [1.807, 2.05) is 18.2 Å². The van der Waals surface area contributed by atoms with Crippen LogP contribution in [0.3, 0.4) is 0 Å². The summed E-state index contributed by atoms with van der Waals surface area (Å²) in [4.78, 5) is 15.2. The van der Waals surface area contributed by atoms with Crippen molar-refractivity contribution in [1.82, 2.24) is 24.1 Å². The lowest BCUT2D eigenvalue weighted by Crippen LogP contribution is -2.27. The fraction of sp³-hybridized carbons (Fsp3) is 0.135. The highest BCUT2D eigenvalue weighted by atomic mass is 15.0. The Morgan fingerprint density at radius 3 is 1.74 bits per heavy atom. The van der Waals surface area contributed by atoms with E-state index in [-0.39, 0.29) is 10.8 Å². The van der Waals surface area contributed by atoms with Crippen molar-refractivity contribution in [3.05, 3.63) is 173 Å². The van der Waals surface area contributed by atoms with E-state index in [9.17, 15) is 0 Å². The minimum atomic E-state index is -0.296. The summed E-state index contributed by atoms with van der Waals surface area (Å²) in [5.41, 5.74) is 16.4. The van der Waals surface area contributed by atoms with Gasteiger partial charge in [-0.3, -0.25) is 0 Å². The number of hydrogen-bond acceptors (Lipinski definition) is 3. The number of benzene rings is 7. The topological polar surface area (TPSA) is 48.5 Å². The van der Waals surface area contributed by atoms with Crippen LogP contribution in [-0.4, -0.2) is 24.1 Å². The number of aryl methyl sites for hydroxylation is 1. The Balaban J connectivity index is 1.12. The molecule has 0 spiro atoms. The average Bonchev–Trinajstić information content (AvgIpc) is 3.76. The number of nitrogens with zero attached hydrogens (tertiary/aromatic N) is 5. The lowest BCUT2D eigenvalue weighted by atomic mass is 9.72. The van der Waals surface area contributed by atoms with Gasteiger partial charge in [0.2, 0.25) is 0 Å². The van der Waals surface area contributed by atoms with E-state index in [1.165, 1.54) is 82.8 Å². The second-order valence-corrected chi connectivity index (χ2v) is 17.0. The van der Waals surface area contributed by atoms with Gasteiger partial charge in [-0.2, -0.15) is 0 Å². The number of fused-ring (bicyclic) bond motifs is 11. The van der Waals surface area contributed by atoms with Crippen LogP contribution in [0.1, 0.15) is 55.5 Å². The van der Waals surface area contributed by atoms with Gasteiger partial charge in [0.15, 0.2) is 17.5 Å². The van der Waals surface area contributed by atoms with Crippen molar-refractivity contribution in [1.29, 1.82) is 0 Å². The van der Waals surface area contributed by atoms with E-state index in [0.717, 1.165) is 16.7 Å². The maximum Gasteiger partial charge on any atom is 0.164 e. The van der Waals surface area contributed by atoms with Crippen LogP contribution in [0.5, 0.6) is 0 Å². The van der Waals surface area contributed by atoms with Gasteiger partial charge in [-0.1, -0.05) is 142 Å². The van der Waals surface area contributed by atoms with Gasteiger partial charge in [0.05, 0.1) is 33.4 Å². The Hall–Kier alpha value is -6.85. The molecule has 12 rings (SSSR count). The highest BCUT2D eigenvalue weighted by molar-refractivity contribution is 6.17. The van der Waals surface area contributed by atoms with E-state index in [2.05, 4.69) is 171 Å². The predicted molar refractivity (Wildman–Crippen MR) is 234 cm³/mol. The third-order valence-corrected chi connectivity index (χ3v) is 13.0. The van der Waals surface area contributed by atoms with Crippen molar-refractivity contribution in [2.75, 3.05) is 0 Å². The zero-order valence-electron chi connectivity index (χ0n) is 32.6. The van der Waals surface area contributed by atoms with Crippen molar-refractivity contribution in [3.63, 3.8) is 0 Å². The number of para-hydroxylation sites is 3. The number of rotatable bonds is 3. The van der Waals surface area contributed by atoms with Crippen LogP contribution in [0, 0.1) is 6.92 Å². The quantitative estimate of drug-likeness (QED) is 0.182. The third kappa shape index (κ3) is 4.26. The third-order valence-electron chi connectivity index (χ3n) is 13.0. The Labute approximate surface area is 330 Å². The van der Waals surface area contributed by atoms with Gasteiger partial charge in [0.1, 0.15) is 0 Å². The average molecular weight is 734 g/mol. The maximum atomic E-state index is 5.13. The smallest absolute Gasteiger partial charge is 0.164 e. The Morgan fingerprint density at radius 1 is 0.421 bits per heavy atom. The van der Waals surface area contributed by atoms with Crippen LogP contribution < -0.4 is 0 Å². The minimum absolute atomic E-state index is 0.242. The molecule has 5 heteroatoms. The van der Waals surface area contributed by atoms with E-state index in [1.54, 1.807) is 0 Å². The van der Waals surface area contributed by atoms with Gasteiger partial charge in [-0.15, -0.1) is 0 Å². The molecule has 5 heterocycles. The summed E-state index contributed by atoms with van der Waals surface area (Å²) in [7, 11) is 0. The normalized spacial score (nSPS) is 14.7. The van der Waals surface area contributed by atoms with Gasteiger partial charge in [-0.05, 0) is 65.6 Å². The lowest BCUT2D eigenvalue weighted by Gasteiger charge is -2.35. The summed E-state index contributed by atoms with van der Waals surface area (Å²) in [6, 6.07) is 52.9. The zero-order valence-corrected chi connectivity index (χ0v) is 32.6. The molecule has 7 aromatic carbocycles. The molecule has 5 nitrogen and oxygen atoms in total. The molecular formula is C52H39N5. The molecule has 0 amide bonds. The molecule has 272 valence electrons. The van der Waals surface area contributed by atoms with Crippen molar-refractivity contribution >= 4 is 43.6 Å². The zero-order chi connectivity index (χ0) is 38.4. The van der Waals surface area contributed by atoms with Crippen molar-refractivity contribution in [2.45, 2.75) is 45.4 Å². The molecule has 2 aliphatic rings. The summed E-state index contributed by atoms with van der Waals surface area (Å²) in [5.74, 6) is 2.00. The SMILES string of the molecule is Cc1ccc(-c2nc(-c3ccccc3)nc(-c3ccc4c(c3)C(C)(C)c3cccc5c6c7c(ccc6n-4c35)-n3c4ccccc4c4cccc(c43)C7(C)C)n2)cc1. The molecule has 0 atom stereocenters. The van der Waals surface area contributed by atoms with Gasteiger partial charge in [0.25, 0.3) is 0 Å². The Bertz CT molecular complexity index is 3340. The molecular weight excluding hydrogens is 695 g/mol. The molecule has 2 aliphatic heterocycles. The first kappa shape index (κ1) is 32.4. The van der Waals surface area contributed by atoms with Gasteiger partial charge >= 0.3 is 0 Å². The molecule has 0 fully saturated rings. The molecule has 57 heavy (non-hydrogen) atoms. The first-order valence-corrected chi connectivity index (χ1v) is 19.9. The van der Waals surface area contributed by atoms with E-state index >= 15 is 0 Å². The molecule has 0 unspecified atom stereocenters. The summed E-state index contributed by atoms with van der Waals surface area (Å²) >= 11 is 0. The molecule has 0 N–H and O–H groups in total. The fourth-order valence-corrected chi connectivity index (χ4v) is 10.2. The summed E-state index contributed by atoms with van der Waals surface area (Å²) < 4.78 is 5.06. The van der Waals surface area contributed by atoms with E-state index in [0.29, 0.717) is 17.5 Å². The molecule has 0 aliphatic carbocycles. The van der Waals surface area contributed by atoms with Crippen molar-refractivity contribution in [2.24, 2.45) is 0 Å². The lowest BCUT2D eigenvalue weighted by molar-refractivity contribution is 0.630. The van der Waals surface area contributed by atoms with E-state index < -0.39 is 0 Å². The van der Waals surface area contributed by atoms with Gasteiger partial charge in [0, 0.05) is 49.1 Å². The number of aromatic nitrogens is 5. The van der Waals surface area contributed by atoms with Crippen LogP contribution in [0.15, 0.2) is 146 Å². The van der Waals surface area contributed by atoms with E-state index in [4.69, 9.17) is 15.0 Å². The molecule has 0 saturated carbocycles. The van der Waals surface area contributed by atoms with Crippen LogP contribution in [-0.2, 0) is 10.8 Å². The molecule has 0 radical (unpaired) electrons. The predicted octanol–water partition coefficient (Wildman–Crippen LogP) is 12.7. The molecule has 3 aromatic heterocycles. The van der Waals surface area contributed by atoms with Crippen LogP contribution in [0.2, 0.25) is 0 Å². The highest BCUT2D eigenvalue weighted by Crippen LogP contribution is 2.54. The largest absolute Gasteiger partial charge is 0.309 e. The van der Waals surface area contributed by atoms with Crippen molar-refractivity contribution < 1.29 is 0 Å². The summed E-state index contributed by atoms with van der Waals surface area (Å²) in [5, 5.41) is 5.24. The van der Waals surface area contributed by atoms with Crippen LogP contribution in [0.25, 0.3) is 89.2 Å². The van der Waals surface area contributed by atoms with Crippen LogP contribution in [0.4, 0.5) is 0 Å². The minimum Gasteiger partial charge on any atom is -0.309 e. The molecule has 10 aromatic rings. The van der Waals surface area contributed by atoms with Crippen molar-refractivity contribution in [3.8, 4) is 45.5 Å². The highest BCUT2D eigenvalue weighted by Gasteiger charge is 2.40. The summed E-state index contributed by atoms with van der Waals surface area (Å²) in [6.45, 7) is 11.7. The Morgan fingerprint density at radius 2 is 0.982 bits per heavy atom. The second kappa shape index (κ2) is 11.1. The molecule has 0 bridgehead atoms. The van der Waals surface area contributed by atoms with Crippen LogP contribution >= 0.6 is 0 Å². The molecule has 0 saturated heterocycles. The first-order chi connectivity index (χ1) is 27.7. The monoisotopic (exact) mass is 733 g/mol. The first-order valence-electron chi connectivity index (χ1n) is 19.9. The maximum absolute atomic E-state index is 5.13. The van der Waals surface area contributed by atoms with Gasteiger partial charge < -0.3 is 9.13 Å².